The van der Waals surface area contributed by atoms with Gasteiger partial charge in [-0.2, -0.15) is 0 Å². The number of amides is 2. The summed E-state index contributed by atoms with van der Waals surface area (Å²) in [6, 6.07) is 12.1. The SMILES string of the molecule is CCCCCN(CCCCC)C(=O)[C@@H](Cc1c[nH]c2ccccc12)NC(=O)S(=O)(=O)c1ccc(Cl)cc1. The Bertz CT molecular complexity index is 1280. The van der Waals surface area contributed by atoms with Crippen molar-refractivity contribution in [2.75, 3.05) is 13.1 Å². The maximum atomic E-state index is 13.8. The summed E-state index contributed by atoms with van der Waals surface area (Å²) >= 11 is 5.88. The van der Waals surface area contributed by atoms with E-state index in [9.17, 15) is 18.0 Å². The van der Waals surface area contributed by atoms with E-state index in [-0.39, 0.29) is 17.2 Å². The van der Waals surface area contributed by atoms with Crippen molar-refractivity contribution in [2.45, 2.75) is 69.7 Å². The van der Waals surface area contributed by atoms with Crippen molar-refractivity contribution in [2.24, 2.45) is 0 Å². The molecule has 0 saturated heterocycles. The third kappa shape index (κ3) is 7.58. The van der Waals surface area contributed by atoms with E-state index in [1.54, 1.807) is 4.90 Å². The first kappa shape index (κ1) is 28.7. The highest BCUT2D eigenvalue weighted by Gasteiger charge is 2.32. The first-order valence-electron chi connectivity index (χ1n) is 12.9. The number of rotatable bonds is 13. The van der Waals surface area contributed by atoms with E-state index in [4.69, 9.17) is 11.6 Å². The molecule has 0 aliphatic heterocycles. The second-order valence-corrected chi connectivity index (χ2v) is 11.5. The molecule has 0 fully saturated rings. The molecule has 0 aliphatic rings. The van der Waals surface area contributed by atoms with Gasteiger partial charge in [0.15, 0.2) is 0 Å². The number of aromatic nitrogens is 1. The average molecular weight is 546 g/mol. The average Bonchev–Trinajstić information content (AvgIpc) is 3.30. The molecule has 0 aliphatic carbocycles. The van der Waals surface area contributed by atoms with E-state index in [1.165, 1.54) is 24.3 Å². The highest BCUT2D eigenvalue weighted by Crippen LogP contribution is 2.21. The Morgan fingerprint density at radius 2 is 1.57 bits per heavy atom. The molecule has 0 unspecified atom stereocenters. The Labute approximate surface area is 224 Å². The molecule has 9 heteroatoms. The standard InChI is InChI=1S/C28H36ClN3O4S/c1-3-5-9-17-32(18-10-6-4-2)27(33)26(19-21-20-30-25-12-8-7-11-24(21)25)31-28(34)37(35,36)23-15-13-22(29)14-16-23/h7-8,11-16,20,26,30H,3-6,9-10,17-19H2,1-2H3,(H,31,34)/t26-/m1/s1. The number of hydrogen-bond donors (Lipinski definition) is 2. The van der Waals surface area contributed by atoms with E-state index < -0.39 is 21.1 Å². The summed E-state index contributed by atoms with van der Waals surface area (Å²) in [4.78, 5) is 31.7. The number of nitrogens with one attached hydrogen (secondary N) is 2. The molecule has 0 saturated carbocycles. The van der Waals surface area contributed by atoms with Crippen molar-refractivity contribution in [1.82, 2.24) is 15.2 Å². The van der Waals surface area contributed by atoms with Crippen molar-refractivity contribution in [3.63, 3.8) is 0 Å². The predicted molar refractivity (Wildman–Crippen MR) is 149 cm³/mol. The number of benzene rings is 2. The number of carbonyl (C=O) groups is 2. The van der Waals surface area contributed by atoms with Gasteiger partial charge in [0.25, 0.3) is 9.84 Å². The van der Waals surface area contributed by atoms with Crippen LogP contribution in [0.3, 0.4) is 0 Å². The summed E-state index contributed by atoms with van der Waals surface area (Å²) in [5.41, 5.74) is 1.74. The molecule has 1 aromatic heterocycles. The zero-order valence-corrected chi connectivity index (χ0v) is 23.1. The lowest BCUT2D eigenvalue weighted by Gasteiger charge is -2.28. The molecule has 7 nitrogen and oxygen atoms in total. The number of carbonyl (C=O) groups excluding carboxylic acids is 2. The monoisotopic (exact) mass is 545 g/mol. The van der Waals surface area contributed by atoms with Gasteiger partial charge in [-0.3, -0.25) is 9.59 Å². The third-order valence-corrected chi connectivity index (χ3v) is 8.18. The van der Waals surface area contributed by atoms with Gasteiger partial charge < -0.3 is 15.2 Å². The lowest BCUT2D eigenvalue weighted by atomic mass is 10.0. The molecule has 2 N–H and O–H groups in total. The lowest BCUT2D eigenvalue weighted by Crippen LogP contribution is -2.51. The Morgan fingerprint density at radius 1 is 0.946 bits per heavy atom. The van der Waals surface area contributed by atoms with E-state index >= 15 is 0 Å². The molecule has 37 heavy (non-hydrogen) atoms. The molecule has 3 aromatic rings. The van der Waals surface area contributed by atoms with Crippen LogP contribution in [0.2, 0.25) is 5.02 Å². The van der Waals surface area contributed by atoms with Crippen LogP contribution in [0.4, 0.5) is 4.79 Å². The van der Waals surface area contributed by atoms with Gasteiger partial charge in [-0.15, -0.1) is 0 Å². The van der Waals surface area contributed by atoms with Crippen molar-refractivity contribution in [3.05, 3.63) is 65.3 Å². The number of fused-ring (bicyclic) bond motifs is 1. The van der Waals surface area contributed by atoms with Crippen LogP contribution in [0, 0.1) is 0 Å². The summed E-state index contributed by atoms with van der Waals surface area (Å²) in [6.07, 6.45) is 7.70. The fourth-order valence-corrected chi connectivity index (χ4v) is 5.45. The third-order valence-electron chi connectivity index (χ3n) is 6.43. The van der Waals surface area contributed by atoms with E-state index in [1.807, 2.05) is 30.5 Å². The first-order valence-corrected chi connectivity index (χ1v) is 14.8. The molecule has 2 aromatic carbocycles. The van der Waals surface area contributed by atoms with Crippen LogP contribution in [0.25, 0.3) is 10.9 Å². The lowest BCUT2D eigenvalue weighted by molar-refractivity contribution is -0.133. The second-order valence-electron chi connectivity index (χ2n) is 9.24. The van der Waals surface area contributed by atoms with Crippen molar-refractivity contribution < 1.29 is 18.0 Å². The van der Waals surface area contributed by atoms with Crippen LogP contribution >= 0.6 is 11.6 Å². The van der Waals surface area contributed by atoms with Gasteiger partial charge in [-0.25, -0.2) is 8.42 Å². The van der Waals surface area contributed by atoms with Gasteiger partial charge >= 0.3 is 5.24 Å². The molecule has 0 spiro atoms. The molecule has 200 valence electrons. The second kappa shape index (κ2) is 13.6. The number of sulfone groups is 1. The Kier molecular flexibility index (Phi) is 10.6. The summed E-state index contributed by atoms with van der Waals surface area (Å²) < 4.78 is 26.0. The van der Waals surface area contributed by atoms with E-state index in [0.717, 1.165) is 55.0 Å². The Morgan fingerprint density at radius 3 is 2.19 bits per heavy atom. The molecule has 1 heterocycles. The summed E-state index contributed by atoms with van der Waals surface area (Å²) in [7, 11) is -4.36. The Hall–Kier alpha value is -2.84. The quantitative estimate of drug-likeness (QED) is 0.252. The van der Waals surface area contributed by atoms with Crippen LogP contribution in [-0.4, -0.2) is 48.6 Å². The fraction of sp³-hybridized carbons (Fsp3) is 0.429. The molecule has 0 radical (unpaired) electrons. The molecule has 0 bridgehead atoms. The molecule has 2 amide bonds. The molecular formula is C28H36ClN3O4S. The van der Waals surface area contributed by atoms with Gasteiger partial charge in [0.05, 0.1) is 4.90 Å². The van der Waals surface area contributed by atoms with E-state index in [0.29, 0.717) is 18.1 Å². The number of unbranched alkanes of at least 4 members (excludes halogenated alkanes) is 4. The number of H-pyrrole nitrogens is 1. The topological polar surface area (TPSA) is 99.3 Å². The maximum Gasteiger partial charge on any atom is 0.341 e. The molecule has 1 atom stereocenters. The number of nitrogens with zero attached hydrogens (tertiary/aromatic N) is 1. The largest absolute Gasteiger partial charge is 0.361 e. The summed E-state index contributed by atoms with van der Waals surface area (Å²) in [5.74, 6) is -0.267. The zero-order chi connectivity index (χ0) is 26.8. The molecule has 3 rings (SSSR count). The van der Waals surface area contributed by atoms with Crippen LogP contribution in [0.5, 0.6) is 0 Å². The van der Waals surface area contributed by atoms with Crippen molar-refractivity contribution in [1.29, 1.82) is 0 Å². The number of aromatic amines is 1. The van der Waals surface area contributed by atoms with Gasteiger partial charge in [0, 0.05) is 41.6 Å². The predicted octanol–water partition coefficient (Wildman–Crippen LogP) is 6.12. The van der Waals surface area contributed by atoms with Crippen LogP contribution in [0.15, 0.2) is 59.6 Å². The minimum atomic E-state index is -4.36. The summed E-state index contributed by atoms with van der Waals surface area (Å²) in [5, 5.41) is 2.66. The number of hydrogen-bond acceptors (Lipinski definition) is 4. The normalized spacial score (nSPS) is 12.4. The van der Waals surface area contributed by atoms with E-state index in [2.05, 4.69) is 24.1 Å². The summed E-state index contributed by atoms with van der Waals surface area (Å²) in [6.45, 7) is 5.34. The van der Waals surface area contributed by atoms with Gasteiger partial charge in [0.2, 0.25) is 5.91 Å². The smallest absolute Gasteiger partial charge is 0.341 e. The fourth-order valence-electron chi connectivity index (χ4n) is 4.32. The zero-order valence-electron chi connectivity index (χ0n) is 21.5. The maximum absolute atomic E-state index is 13.8. The minimum absolute atomic E-state index is 0.169. The molecular weight excluding hydrogens is 510 g/mol. The Balaban J connectivity index is 1.90. The van der Waals surface area contributed by atoms with Crippen LogP contribution in [0.1, 0.15) is 57.9 Å². The van der Waals surface area contributed by atoms with Crippen LogP contribution < -0.4 is 5.32 Å². The van der Waals surface area contributed by atoms with Gasteiger partial charge in [-0.1, -0.05) is 69.3 Å². The number of halogens is 1. The van der Waals surface area contributed by atoms with Gasteiger partial charge in [0.1, 0.15) is 6.04 Å². The first-order chi connectivity index (χ1) is 17.8. The van der Waals surface area contributed by atoms with Crippen molar-refractivity contribution in [3.8, 4) is 0 Å². The highest BCUT2D eigenvalue weighted by atomic mass is 35.5. The van der Waals surface area contributed by atoms with Gasteiger partial charge in [-0.05, 0) is 48.7 Å². The van der Waals surface area contributed by atoms with Crippen LogP contribution in [-0.2, 0) is 21.1 Å². The minimum Gasteiger partial charge on any atom is -0.361 e. The highest BCUT2D eigenvalue weighted by molar-refractivity contribution is 8.06. The number of para-hydroxylation sites is 1. The van der Waals surface area contributed by atoms with Crippen molar-refractivity contribution >= 4 is 43.5 Å².